The maximum atomic E-state index is 12.7. The highest BCUT2D eigenvalue weighted by atomic mass is 35.5. The zero-order valence-corrected chi connectivity index (χ0v) is 87.5. The van der Waals surface area contributed by atoms with Gasteiger partial charge in [0.15, 0.2) is 12.2 Å². The number of carbonyl (C=O) groups is 8. The van der Waals surface area contributed by atoms with Gasteiger partial charge in [0.05, 0.1) is 112 Å². The summed E-state index contributed by atoms with van der Waals surface area (Å²) in [6.45, 7) is 14.9. The number of ketones is 4. The van der Waals surface area contributed by atoms with E-state index >= 15 is 0 Å². The summed E-state index contributed by atoms with van der Waals surface area (Å²) >= 11 is 6.03. The van der Waals surface area contributed by atoms with Crippen molar-refractivity contribution in [2.45, 2.75) is 353 Å². The second-order valence-corrected chi connectivity index (χ2v) is 43.6. The Morgan fingerprint density at radius 1 is 0.329 bits per heavy atom. The van der Waals surface area contributed by atoms with Gasteiger partial charge in [0.2, 0.25) is 0 Å². The minimum Gasteiger partial charge on any atom is -0.452 e. The molecule has 16 atom stereocenters. The molecule has 10 heterocycles. The molecule has 0 bridgehead atoms. The van der Waals surface area contributed by atoms with Gasteiger partial charge >= 0.3 is 24.4 Å². The van der Waals surface area contributed by atoms with E-state index in [0.29, 0.717) is 40.9 Å². The smallest absolute Gasteiger partial charge is 0.414 e. The van der Waals surface area contributed by atoms with Crippen LogP contribution in [0.3, 0.4) is 0 Å². The number of aromatic nitrogens is 10. The average molecular weight is 2010 g/mol. The van der Waals surface area contributed by atoms with Crippen molar-refractivity contribution < 1.29 is 77.7 Å². The van der Waals surface area contributed by atoms with Crippen molar-refractivity contribution in [3.63, 3.8) is 0 Å². The number of amides is 4. The van der Waals surface area contributed by atoms with E-state index in [2.05, 4.69) is 40.4 Å². The molecule has 0 saturated heterocycles. The van der Waals surface area contributed by atoms with Crippen LogP contribution in [0.1, 0.15) is 360 Å². The first-order chi connectivity index (χ1) is 70.5. The van der Waals surface area contributed by atoms with E-state index in [1.165, 1.54) is 53.9 Å². The standard InChI is InChI=1S/C31H34N4O4.C29H41N3O4.C28H39N3O4.C27H31ClN4O4/c1-18-11-12-24-26(34(18)31(38)39-3)13-14-27-28(24)33-30(35(27)23-10-6-9-20(15-23)19(2)36)29(37)25-16-21-7-4-5-8-22(21)17-32-25;1-18-13-14-23-24(31(18)29(35)36-3)15-16-25-26(23)30-28(27(34)20-9-6-4-5-7-10-20)32(25)22-12-8-11-21(17-22)19(2)33;1-17-12-13-22-23(30(17)28(34)35-3)14-15-24-25(22)29-27(26(33)19-8-5-4-6-9-19)31(24)21-11-7-10-20(16-21)18(2)32;1-15-7-9-20-22(31(15)27(35)36-3)11-12-23-24(20)30-26(25(34)21-10-8-18(28)14-29-21)32(23)19-6-4-5-17(13-19)16(2)33/h4-5,7-8,13-14,16-18,20,23,29,37H,6,9-12,15H2,1-3H3;15-16,18,20-22,27,34H,4-14,17H2,1-3H3;14-15,17,19-21,26,33H,4-13,16H2,1-3H3;8,10-12,14-15,17,19,25,34H,4-7,9,13H2,1-3H3/t18-,20+,23+,29+;18-,21+,22+,27-;17-,20+,21+,26-;15-,17+,19+,25-/m0000/s1. The molecular weight excluding hydrogens is 1870 g/mol. The first kappa shape index (κ1) is 104. The second kappa shape index (κ2) is 45.2. The lowest BCUT2D eigenvalue weighted by atomic mass is 9.82. The maximum Gasteiger partial charge on any atom is 0.414 e. The molecule has 4 aliphatic heterocycles. The highest BCUT2D eigenvalue weighted by Gasteiger charge is 2.44. The molecule has 5 aromatic carbocycles. The van der Waals surface area contributed by atoms with Crippen molar-refractivity contribution in [3.05, 3.63) is 165 Å². The molecule has 6 saturated carbocycles. The molecular formula is C115H145ClN14O16. The Bertz CT molecular complexity index is 6670. The van der Waals surface area contributed by atoms with Gasteiger partial charge in [0, 0.05) is 112 Å². The van der Waals surface area contributed by atoms with E-state index in [0.717, 1.165) is 304 Å². The Morgan fingerprint density at radius 3 is 0.918 bits per heavy atom. The van der Waals surface area contributed by atoms with Crippen LogP contribution in [-0.4, -0.2) is 169 Å². The fraction of sp³-hybridized carbons (Fsp3) is 0.565. The second-order valence-electron chi connectivity index (χ2n) is 43.2. The third kappa shape index (κ3) is 20.8. The van der Waals surface area contributed by atoms with Crippen molar-refractivity contribution in [1.29, 1.82) is 0 Å². The zero-order chi connectivity index (χ0) is 103. The Kier molecular flexibility index (Phi) is 32.3. The number of aliphatic hydroxyl groups excluding tert-OH is 4. The number of carbonyl (C=O) groups excluding carboxylic acids is 8. The number of rotatable bonds is 16. The normalized spacial score (nSPS) is 24.3. The number of Topliss-reactive ketones (excluding diaryl/α,β-unsaturated/α-hetero) is 4. The van der Waals surface area contributed by atoms with Gasteiger partial charge in [-0.25, -0.2) is 39.1 Å². The van der Waals surface area contributed by atoms with Gasteiger partial charge in [-0.3, -0.25) is 48.7 Å². The average Bonchev–Trinajstić information content (AvgIpc) is 2.05. The van der Waals surface area contributed by atoms with E-state index in [1.807, 2.05) is 94.4 Å². The fourth-order valence-corrected chi connectivity index (χ4v) is 26.3. The van der Waals surface area contributed by atoms with Crippen LogP contribution in [-0.2, 0) is 63.8 Å². The summed E-state index contributed by atoms with van der Waals surface area (Å²) in [6, 6.07) is 29.8. The van der Waals surface area contributed by atoms with Crippen LogP contribution in [0.5, 0.6) is 0 Å². The van der Waals surface area contributed by atoms with Crippen LogP contribution >= 0.6 is 11.6 Å². The number of hydrogen-bond acceptors (Lipinski definition) is 22. The number of pyridine rings is 2. The lowest BCUT2D eigenvalue weighted by molar-refractivity contribution is -0.122. The van der Waals surface area contributed by atoms with E-state index in [9.17, 15) is 58.8 Å². The maximum absolute atomic E-state index is 12.7. The number of fused-ring (bicyclic) bond motifs is 13. The molecule has 21 rings (SSSR count). The van der Waals surface area contributed by atoms with Crippen LogP contribution in [0.2, 0.25) is 5.02 Å². The molecule has 0 spiro atoms. The van der Waals surface area contributed by atoms with Crippen LogP contribution < -0.4 is 19.6 Å². The summed E-state index contributed by atoms with van der Waals surface area (Å²) in [5.41, 5.74) is 15.5. The van der Waals surface area contributed by atoms with Crippen molar-refractivity contribution >= 4 is 137 Å². The fourth-order valence-electron chi connectivity index (χ4n) is 26.1. The minimum atomic E-state index is -1.07. The van der Waals surface area contributed by atoms with Gasteiger partial charge in [0.1, 0.15) is 58.6 Å². The predicted molar refractivity (Wildman–Crippen MR) is 563 cm³/mol. The number of halogens is 1. The van der Waals surface area contributed by atoms with E-state index in [1.54, 1.807) is 65.6 Å². The van der Waals surface area contributed by atoms with Crippen LogP contribution in [0, 0.1) is 35.5 Å². The monoisotopic (exact) mass is 2010 g/mol. The third-order valence-electron chi connectivity index (χ3n) is 34.2. The first-order valence-corrected chi connectivity index (χ1v) is 54.2. The number of aryl methyl sites for hydroxylation is 4. The molecule has 0 radical (unpaired) electrons. The minimum absolute atomic E-state index is 0.00159. The molecule has 10 aliphatic rings. The number of imidazole rings is 4. The Morgan fingerprint density at radius 2 is 0.616 bits per heavy atom. The summed E-state index contributed by atoms with van der Waals surface area (Å²) in [5.74, 6) is 4.00. The van der Waals surface area contributed by atoms with Gasteiger partial charge in [-0.2, -0.15) is 0 Å². The highest BCUT2D eigenvalue weighted by Crippen LogP contribution is 2.51. The topological polar surface area (TPSA) is 364 Å². The van der Waals surface area contributed by atoms with Crippen molar-refractivity contribution in [2.24, 2.45) is 35.5 Å². The predicted octanol–water partition coefficient (Wildman–Crippen LogP) is 23.4. The number of nitrogens with zero attached hydrogens (tertiary/aromatic N) is 14. The molecule has 6 aliphatic carbocycles. The lowest BCUT2D eigenvalue weighted by Gasteiger charge is -2.34. The van der Waals surface area contributed by atoms with E-state index in [-0.39, 0.29) is 125 Å². The molecule has 0 unspecified atom stereocenters. The molecule has 4 amide bonds. The number of methoxy groups -OCH3 is 4. The Hall–Kier alpha value is -11.6. The van der Waals surface area contributed by atoms with E-state index < -0.39 is 30.5 Å². The summed E-state index contributed by atoms with van der Waals surface area (Å²) in [4.78, 5) is 136. The van der Waals surface area contributed by atoms with Crippen molar-refractivity contribution in [1.82, 2.24) is 48.2 Å². The molecule has 778 valence electrons. The highest BCUT2D eigenvalue weighted by molar-refractivity contribution is 6.30. The largest absolute Gasteiger partial charge is 0.452 e. The molecule has 11 aromatic rings. The van der Waals surface area contributed by atoms with Gasteiger partial charge in [-0.15, -0.1) is 0 Å². The summed E-state index contributed by atoms with van der Waals surface area (Å²) < 4.78 is 29.2. The van der Waals surface area contributed by atoms with Gasteiger partial charge in [-0.05, 0) is 293 Å². The molecule has 146 heavy (non-hydrogen) atoms. The number of benzene rings is 5. The lowest BCUT2D eigenvalue weighted by Crippen LogP contribution is -2.42. The SMILES string of the molecule is COC(=O)N1c2ccc3c(nc([C@@H](O)C4CCCCC4)n3[C@@H]3CCC[C@@H](C(C)=O)C3)c2CC[C@@H]1C.COC(=O)N1c2ccc3c(nc([C@@H](O)C4CCCCCC4)n3[C@@H]3CCC[C@@H](C(C)=O)C3)c2CC[C@@H]1C.COC(=O)N1c2ccc3c(nc([C@@H](O)c4ccc(Cl)cn4)n3[C@@H]3CCC[C@@H](C(C)=O)C3)c2CC[C@@H]1C.COC(=O)N1c2ccc3c(nc([C@H](O)c4cc5ccccc5cn4)n3[C@@H]3CCC[C@@H](C(C)=O)C3)c2CC[C@@H]1C. The van der Waals surface area contributed by atoms with Gasteiger partial charge < -0.3 is 57.6 Å². The number of anilines is 4. The molecule has 6 aromatic heterocycles. The number of aliphatic hydroxyl groups is 4. The number of ether oxygens (including phenoxy) is 4. The molecule has 30 nitrogen and oxygen atoms in total. The molecule has 4 N–H and O–H groups in total. The van der Waals surface area contributed by atoms with Gasteiger partial charge in [-0.1, -0.05) is 106 Å². The Labute approximate surface area is 859 Å². The van der Waals surface area contributed by atoms with Crippen LogP contribution in [0.25, 0.3) is 54.9 Å². The van der Waals surface area contributed by atoms with Crippen molar-refractivity contribution in [3.8, 4) is 0 Å². The van der Waals surface area contributed by atoms with Crippen LogP contribution in [0.15, 0.2) is 103 Å². The first-order valence-electron chi connectivity index (χ1n) is 53.8. The Balaban J connectivity index is 0.000000128. The van der Waals surface area contributed by atoms with Crippen molar-refractivity contribution in [2.75, 3.05) is 48.0 Å². The van der Waals surface area contributed by atoms with Gasteiger partial charge in [0.25, 0.3) is 0 Å². The quantitative estimate of drug-likeness (QED) is 0.0515. The molecule has 6 fully saturated rings. The zero-order valence-electron chi connectivity index (χ0n) is 86.8. The number of hydrogen-bond donors (Lipinski definition) is 4. The summed E-state index contributed by atoms with van der Waals surface area (Å²) in [5, 5.41) is 49.1. The molecule has 31 heteroatoms. The summed E-state index contributed by atoms with van der Waals surface area (Å²) in [6.07, 6.45) is 31.6. The summed E-state index contributed by atoms with van der Waals surface area (Å²) in [7, 11) is 5.63. The van der Waals surface area contributed by atoms with Crippen LogP contribution in [0.4, 0.5) is 41.9 Å². The third-order valence-corrected chi connectivity index (χ3v) is 34.4. The van der Waals surface area contributed by atoms with E-state index in [4.69, 9.17) is 50.5 Å².